The number of rotatable bonds is 3. The van der Waals surface area contributed by atoms with Crippen LogP contribution >= 0.6 is 0 Å². The lowest BCUT2D eigenvalue weighted by molar-refractivity contribution is 0.273. The highest BCUT2D eigenvalue weighted by Gasteiger charge is 2.09. The Labute approximate surface area is 88.7 Å². The summed E-state index contributed by atoms with van der Waals surface area (Å²) in [6, 6.07) is 6.03. The molecule has 1 atom stereocenters. The number of ether oxygens (including phenoxy) is 1. The first-order valence-electron chi connectivity index (χ1n) is 5.02. The van der Waals surface area contributed by atoms with Gasteiger partial charge >= 0.3 is 0 Å². The molecule has 1 unspecified atom stereocenters. The van der Waals surface area contributed by atoms with Gasteiger partial charge in [-0.2, -0.15) is 0 Å². The summed E-state index contributed by atoms with van der Waals surface area (Å²) in [4.78, 5) is 3.15. The maximum atomic E-state index is 9.12. The molecule has 0 aliphatic rings. The van der Waals surface area contributed by atoms with Gasteiger partial charge in [0.15, 0.2) is 0 Å². The van der Waals surface area contributed by atoms with Crippen LogP contribution in [0.25, 0.3) is 10.9 Å². The fourth-order valence-electron chi connectivity index (χ4n) is 1.71. The molecule has 2 rings (SSSR count). The van der Waals surface area contributed by atoms with Crippen LogP contribution in [-0.2, 0) is 0 Å². The van der Waals surface area contributed by atoms with Crippen LogP contribution in [0.3, 0.4) is 0 Å². The van der Waals surface area contributed by atoms with Crippen LogP contribution in [0.5, 0.6) is 5.75 Å². The number of aromatic amines is 1. The van der Waals surface area contributed by atoms with E-state index in [1.807, 2.05) is 25.3 Å². The quantitative estimate of drug-likeness (QED) is 0.807. The Morgan fingerprint density at radius 3 is 2.93 bits per heavy atom. The van der Waals surface area contributed by atoms with Gasteiger partial charge in [-0.3, -0.25) is 0 Å². The minimum atomic E-state index is 0.131. The SMILES string of the molecule is COc1cc(C(C)CO)cc2[nH]ccc12. The Balaban J connectivity index is 2.58. The van der Waals surface area contributed by atoms with Crippen LogP contribution in [0, 0.1) is 0 Å². The van der Waals surface area contributed by atoms with Crippen molar-refractivity contribution in [2.24, 2.45) is 0 Å². The van der Waals surface area contributed by atoms with Gasteiger partial charge in [0.05, 0.1) is 7.11 Å². The number of fused-ring (bicyclic) bond motifs is 1. The molecule has 0 spiro atoms. The minimum absolute atomic E-state index is 0.131. The van der Waals surface area contributed by atoms with Crippen LogP contribution in [-0.4, -0.2) is 23.8 Å². The topological polar surface area (TPSA) is 45.2 Å². The number of benzene rings is 1. The number of hydrogen-bond acceptors (Lipinski definition) is 2. The van der Waals surface area contributed by atoms with Gasteiger partial charge in [-0.25, -0.2) is 0 Å². The van der Waals surface area contributed by atoms with E-state index in [1.54, 1.807) is 7.11 Å². The van der Waals surface area contributed by atoms with Crippen molar-refractivity contribution in [3.8, 4) is 5.75 Å². The van der Waals surface area contributed by atoms with E-state index in [9.17, 15) is 0 Å². The fraction of sp³-hybridized carbons (Fsp3) is 0.333. The van der Waals surface area contributed by atoms with Gasteiger partial charge in [0.1, 0.15) is 5.75 Å². The number of hydrogen-bond donors (Lipinski definition) is 2. The van der Waals surface area contributed by atoms with Crippen LogP contribution in [0.4, 0.5) is 0 Å². The molecule has 3 nitrogen and oxygen atoms in total. The van der Waals surface area contributed by atoms with Gasteiger partial charge < -0.3 is 14.8 Å². The molecular weight excluding hydrogens is 190 g/mol. The van der Waals surface area contributed by atoms with E-state index in [0.29, 0.717) is 0 Å². The Morgan fingerprint density at radius 2 is 2.27 bits per heavy atom. The summed E-state index contributed by atoms with van der Waals surface area (Å²) >= 11 is 0. The average Bonchev–Trinajstić information content (AvgIpc) is 2.74. The molecule has 1 heterocycles. The molecule has 80 valence electrons. The fourth-order valence-corrected chi connectivity index (χ4v) is 1.71. The lowest BCUT2D eigenvalue weighted by atomic mass is 10.0. The number of aromatic nitrogens is 1. The average molecular weight is 205 g/mol. The Hall–Kier alpha value is -1.48. The third kappa shape index (κ3) is 1.70. The van der Waals surface area contributed by atoms with Gasteiger partial charge in [0.2, 0.25) is 0 Å². The molecule has 0 aliphatic carbocycles. The molecule has 1 aromatic carbocycles. The monoisotopic (exact) mass is 205 g/mol. The van der Waals surface area contributed by atoms with Crippen LogP contribution in [0.2, 0.25) is 0 Å². The van der Waals surface area contributed by atoms with Crippen molar-refractivity contribution in [2.75, 3.05) is 13.7 Å². The number of methoxy groups -OCH3 is 1. The summed E-state index contributed by atoms with van der Waals surface area (Å²) in [5, 5.41) is 10.2. The predicted molar refractivity (Wildman–Crippen MR) is 60.4 cm³/mol. The molecule has 0 saturated heterocycles. The van der Waals surface area contributed by atoms with Crippen LogP contribution in [0.15, 0.2) is 24.4 Å². The standard InChI is InChI=1S/C12H15NO2/c1-8(7-14)9-5-11-10(3-4-13-11)12(6-9)15-2/h3-6,8,13-14H,7H2,1-2H3. The molecule has 3 heteroatoms. The van der Waals surface area contributed by atoms with Crippen LogP contribution < -0.4 is 4.74 Å². The third-order valence-corrected chi connectivity index (χ3v) is 2.72. The first-order valence-corrected chi connectivity index (χ1v) is 5.02. The first-order chi connectivity index (χ1) is 7.26. The number of aliphatic hydroxyl groups is 1. The smallest absolute Gasteiger partial charge is 0.128 e. The summed E-state index contributed by atoms with van der Waals surface area (Å²) < 4.78 is 5.32. The normalized spacial score (nSPS) is 13.0. The van der Waals surface area contributed by atoms with Crippen molar-refractivity contribution >= 4 is 10.9 Å². The zero-order valence-corrected chi connectivity index (χ0v) is 8.95. The highest BCUT2D eigenvalue weighted by atomic mass is 16.5. The lowest BCUT2D eigenvalue weighted by Gasteiger charge is -2.11. The third-order valence-electron chi connectivity index (χ3n) is 2.72. The Kier molecular flexibility index (Phi) is 2.64. The second-order valence-electron chi connectivity index (χ2n) is 3.75. The highest BCUT2D eigenvalue weighted by molar-refractivity contribution is 5.86. The van der Waals surface area contributed by atoms with E-state index in [-0.39, 0.29) is 12.5 Å². The predicted octanol–water partition coefficient (Wildman–Crippen LogP) is 2.27. The number of aliphatic hydroxyl groups excluding tert-OH is 1. The van der Waals surface area contributed by atoms with Gasteiger partial charge in [0, 0.05) is 29.6 Å². The van der Waals surface area contributed by atoms with E-state index in [1.165, 1.54) is 0 Å². The second kappa shape index (κ2) is 3.95. The summed E-state index contributed by atoms with van der Waals surface area (Å²) in [5.74, 6) is 0.982. The largest absolute Gasteiger partial charge is 0.496 e. The summed E-state index contributed by atoms with van der Waals surface area (Å²) in [6.07, 6.45) is 1.89. The van der Waals surface area contributed by atoms with Crippen LogP contribution in [0.1, 0.15) is 18.4 Å². The van der Waals surface area contributed by atoms with Crippen molar-refractivity contribution < 1.29 is 9.84 Å². The van der Waals surface area contributed by atoms with E-state index >= 15 is 0 Å². The van der Waals surface area contributed by atoms with E-state index < -0.39 is 0 Å². The first kappa shape index (κ1) is 10.1. The Morgan fingerprint density at radius 1 is 1.47 bits per heavy atom. The van der Waals surface area contributed by atoms with E-state index in [4.69, 9.17) is 9.84 Å². The van der Waals surface area contributed by atoms with Crippen molar-refractivity contribution in [1.29, 1.82) is 0 Å². The van der Waals surface area contributed by atoms with E-state index in [2.05, 4.69) is 11.1 Å². The highest BCUT2D eigenvalue weighted by Crippen LogP contribution is 2.29. The maximum Gasteiger partial charge on any atom is 0.128 e. The van der Waals surface area contributed by atoms with Gasteiger partial charge in [-0.05, 0) is 23.8 Å². The lowest BCUT2D eigenvalue weighted by Crippen LogP contribution is -1.99. The van der Waals surface area contributed by atoms with Crippen molar-refractivity contribution in [1.82, 2.24) is 4.98 Å². The number of nitrogens with one attached hydrogen (secondary N) is 1. The van der Waals surface area contributed by atoms with Gasteiger partial charge in [0.25, 0.3) is 0 Å². The zero-order chi connectivity index (χ0) is 10.8. The van der Waals surface area contributed by atoms with Crippen molar-refractivity contribution in [3.63, 3.8) is 0 Å². The molecule has 0 radical (unpaired) electrons. The molecule has 15 heavy (non-hydrogen) atoms. The number of H-pyrrole nitrogens is 1. The summed E-state index contributed by atoms with van der Waals surface area (Å²) in [6.45, 7) is 2.14. The molecule has 2 aromatic rings. The Bertz CT molecular complexity index is 462. The molecule has 0 bridgehead atoms. The zero-order valence-electron chi connectivity index (χ0n) is 8.95. The van der Waals surface area contributed by atoms with Gasteiger partial charge in [-0.15, -0.1) is 0 Å². The molecule has 0 fully saturated rings. The van der Waals surface area contributed by atoms with E-state index in [0.717, 1.165) is 22.2 Å². The molecule has 0 saturated carbocycles. The maximum absolute atomic E-state index is 9.12. The molecule has 0 aliphatic heterocycles. The molecule has 2 N–H and O–H groups in total. The van der Waals surface area contributed by atoms with Gasteiger partial charge in [-0.1, -0.05) is 6.92 Å². The minimum Gasteiger partial charge on any atom is -0.496 e. The van der Waals surface area contributed by atoms with Crippen molar-refractivity contribution in [2.45, 2.75) is 12.8 Å². The second-order valence-corrected chi connectivity index (χ2v) is 3.75. The molecule has 0 amide bonds. The summed E-state index contributed by atoms with van der Waals surface area (Å²) in [7, 11) is 1.66. The molecule has 1 aromatic heterocycles. The molecular formula is C12H15NO2. The summed E-state index contributed by atoms with van der Waals surface area (Å²) in [5.41, 5.74) is 2.13. The van der Waals surface area contributed by atoms with Crippen molar-refractivity contribution in [3.05, 3.63) is 30.0 Å².